The topological polar surface area (TPSA) is 178 Å². The molecule has 2 aromatic rings. The number of carboxylic acids is 1. The van der Waals surface area contributed by atoms with Gasteiger partial charge in [-0.3, -0.25) is 19.1 Å². The van der Waals surface area contributed by atoms with Crippen LogP contribution in [0.15, 0.2) is 22.0 Å². The van der Waals surface area contributed by atoms with E-state index in [1.807, 2.05) is 0 Å². The molecule has 140 valence electrons. The molecule has 0 spiro atoms. The number of nitrogens with one attached hydrogen (secondary N) is 1. The third-order valence-electron chi connectivity index (χ3n) is 4.29. The third kappa shape index (κ3) is 3.16. The Kier molecular flexibility index (Phi) is 4.71. The van der Waals surface area contributed by atoms with E-state index in [-0.39, 0.29) is 18.7 Å². The van der Waals surface area contributed by atoms with Crippen molar-refractivity contribution >= 4 is 5.97 Å². The maximum atomic E-state index is 12.0. The largest absolute Gasteiger partial charge is 0.480 e. The number of aliphatic hydroxyl groups excluding tert-OH is 1. The Morgan fingerprint density at radius 3 is 2.88 bits per heavy atom. The number of hydrogen-bond acceptors (Lipinski definition) is 8. The Bertz CT molecular complexity index is 932. The fourth-order valence-electron chi connectivity index (χ4n) is 2.85. The number of aromatic nitrogens is 5. The summed E-state index contributed by atoms with van der Waals surface area (Å²) < 4.78 is 8.31. The van der Waals surface area contributed by atoms with Gasteiger partial charge >= 0.3 is 11.7 Å². The van der Waals surface area contributed by atoms with E-state index in [0.717, 1.165) is 0 Å². The second kappa shape index (κ2) is 6.82. The van der Waals surface area contributed by atoms with E-state index in [2.05, 4.69) is 15.3 Å². The zero-order valence-corrected chi connectivity index (χ0v) is 13.8. The van der Waals surface area contributed by atoms with E-state index in [1.165, 1.54) is 21.6 Å². The first kappa shape index (κ1) is 18.0. The van der Waals surface area contributed by atoms with Gasteiger partial charge in [-0.2, -0.15) is 0 Å². The van der Waals surface area contributed by atoms with E-state index >= 15 is 0 Å². The quantitative estimate of drug-likeness (QED) is 0.467. The number of rotatable bonds is 5. The number of aliphatic carboxylic acids is 1. The number of aryl methyl sites for hydroxylation is 1. The smallest absolute Gasteiger partial charge is 0.330 e. The number of carbonyl (C=O) groups is 1. The van der Waals surface area contributed by atoms with Gasteiger partial charge in [-0.25, -0.2) is 9.48 Å². The van der Waals surface area contributed by atoms with Gasteiger partial charge in [0, 0.05) is 18.2 Å². The maximum Gasteiger partial charge on any atom is 0.330 e. The molecule has 12 heteroatoms. The molecule has 4 atom stereocenters. The standard InChI is InChI=1S/C14H18N6O6/c1-6-3-19(14(25)16-12(6)22)10-2-8(9(5-21)26-10)20-4-7(17-18-20)11(15)13(23)24/h3-4,8-11,21H,2,5,15H2,1H3,(H,23,24)(H,16,22,25)/t8-,9+,10+,11-/m0/s1. The second-order valence-corrected chi connectivity index (χ2v) is 6.03. The summed E-state index contributed by atoms with van der Waals surface area (Å²) in [5, 5.41) is 26.1. The molecule has 0 radical (unpaired) electrons. The Hall–Kier alpha value is -2.83. The highest BCUT2D eigenvalue weighted by atomic mass is 16.5. The number of hydrogen-bond donors (Lipinski definition) is 4. The van der Waals surface area contributed by atoms with Crippen molar-refractivity contribution in [3.63, 3.8) is 0 Å². The van der Waals surface area contributed by atoms with Crippen LogP contribution >= 0.6 is 0 Å². The lowest BCUT2D eigenvalue weighted by atomic mass is 10.1. The third-order valence-corrected chi connectivity index (χ3v) is 4.29. The molecule has 0 aromatic carbocycles. The Balaban J connectivity index is 1.89. The van der Waals surface area contributed by atoms with Gasteiger partial charge in [0.1, 0.15) is 24.1 Å². The molecule has 1 fully saturated rings. The first-order valence-corrected chi connectivity index (χ1v) is 7.80. The fourth-order valence-corrected chi connectivity index (χ4v) is 2.85. The van der Waals surface area contributed by atoms with Crippen LogP contribution in [0, 0.1) is 6.92 Å². The molecule has 3 heterocycles. The Morgan fingerprint density at radius 2 is 2.23 bits per heavy atom. The molecule has 0 saturated carbocycles. The van der Waals surface area contributed by atoms with Crippen molar-refractivity contribution < 1.29 is 19.7 Å². The minimum Gasteiger partial charge on any atom is -0.480 e. The van der Waals surface area contributed by atoms with E-state index in [4.69, 9.17) is 15.6 Å². The highest BCUT2D eigenvalue weighted by Gasteiger charge is 2.38. The minimum atomic E-state index is -1.32. The number of aliphatic hydroxyl groups is 1. The molecular formula is C14H18N6O6. The average Bonchev–Trinajstić information content (AvgIpc) is 3.23. The lowest BCUT2D eigenvalue weighted by Crippen LogP contribution is -2.33. The summed E-state index contributed by atoms with van der Waals surface area (Å²) in [6.45, 7) is 1.21. The highest BCUT2D eigenvalue weighted by Crippen LogP contribution is 2.35. The van der Waals surface area contributed by atoms with Crippen LogP contribution in [0.4, 0.5) is 0 Å². The second-order valence-electron chi connectivity index (χ2n) is 6.03. The van der Waals surface area contributed by atoms with Crippen molar-refractivity contribution in [2.24, 2.45) is 5.73 Å². The van der Waals surface area contributed by atoms with Gasteiger partial charge in [0.05, 0.1) is 18.8 Å². The Labute approximate surface area is 145 Å². The highest BCUT2D eigenvalue weighted by molar-refractivity contribution is 5.74. The molecule has 0 unspecified atom stereocenters. The summed E-state index contributed by atoms with van der Waals surface area (Å²) in [6, 6.07) is -1.81. The predicted molar refractivity (Wildman–Crippen MR) is 85.3 cm³/mol. The molecule has 2 aromatic heterocycles. The number of aromatic amines is 1. The normalized spacial score (nSPS) is 23.9. The molecule has 26 heavy (non-hydrogen) atoms. The van der Waals surface area contributed by atoms with Crippen molar-refractivity contribution in [1.29, 1.82) is 0 Å². The number of nitrogens with two attached hydrogens (primary N) is 1. The molecule has 0 aliphatic carbocycles. The van der Waals surface area contributed by atoms with E-state index in [0.29, 0.717) is 5.56 Å². The summed E-state index contributed by atoms with van der Waals surface area (Å²) in [7, 11) is 0. The summed E-state index contributed by atoms with van der Waals surface area (Å²) in [5.41, 5.74) is 4.80. The molecule has 1 aliphatic heterocycles. The van der Waals surface area contributed by atoms with E-state index in [1.54, 1.807) is 6.92 Å². The van der Waals surface area contributed by atoms with Gasteiger partial charge in [0.15, 0.2) is 0 Å². The van der Waals surface area contributed by atoms with Crippen LogP contribution in [0.25, 0.3) is 0 Å². The summed E-state index contributed by atoms with van der Waals surface area (Å²) >= 11 is 0. The maximum absolute atomic E-state index is 12.0. The first-order chi connectivity index (χ1) is 12.3. The first-order valence-electron chi connectivity index (χ1n) is 7.80. The van der Waals surface area contributed by atoms with Gasteiger partial charge in [-0.05, 0) is 6.92 Å². The molecule has 5 N–H and O–H groups in total. The van der Waals surface area contributed by atoms with Gasteiger partial charge < -0.3 is 20.7 Å². The van der Waals surface area contributed by atoms with Gasteiger partial charge in [-0.15, -0.1) is 5.10 Å². The van der Waals surface area contributed by atoms with Gasteiger partial charge in [0.25, 0.3) is 5.56 Å². The molecule has 3 rings (SSSR count). The fraction of sp³-hybridized carbons (Fsp3) is 0.500. The molecule has 0 amide bonds. The van der Waals surface area contributed by atoms with Gasteiger partial charge in [0.2, 0.25) is 0 Å². The van der Waals surface area contributed by atoms with Crippen LogP contribution < -0.4 is 17.0 Å². The molecule has 1 saturated heterocycles. The van der Waals surface area contributed by atoms with Crippen molar-refractivity contribution in [2.45, 2.75) is 37.8 Å². The van der Waals surface area contributed by atoms with Crippen LogP contribution in [-0.4, -0.2) is 53.4 Å². The summed E-state index contributed by atoms with van der Waals surface area (Å²) in [4.78, 5) is 36.7. The number of ether oxygens (including phenoxy) is 1. The zero-order chi connectivity index (χ0) is 19.0. The predicted octanol–water partition coefficient (Wildman–Crippen LogP) is -1.96. The lowest BCUT2D eigenvalue weighted by molar-refractivity contribution is -0.138. The molecule has 0 bridgehead atoms. The Morgan fingerprint density at radius 1 is 1.50 bits per heavy atom. The van der Waals surface area contributed by atoms with Crippen LogP contribution in [0.5, 0.6) is 0 Å². The van der Waals surface area contributed by atoms with Crippen molar-refractivity contribution in [1.82, 2.24) is 24.5 Å². The minimum absolute atomic E-state index is 0.0645. The van der Waals surface area contributed by atoms with Crippen LogP contribution in [0.3, 0.4) is 0 Å². The van der Waals surface area contributed by atoms with Gasteiger partial charge in [-0.1, -0.05) is 5.21 Å². The van der Waals surface area contributed by atoms with E-state index < -0.39 is 41.6 Å². The van der Waals surface area contributed by atoms with Crippen molar-refractivity contribution in [2.75, 3.05) is 6.61 Å². The molecule has 1 aliphatic rings. The van der Waals surface area contributed by atoms with Crippen LogP contribution in [0.1, 0.15) is 36.0 Å². The SMILES string of the molecule is Cc1cn([C@H]2C[C@H](n3cc([C@H](N)C(=O)O)nn3)[C@@H](CO)O2)c(=O)[nH]c1=O. The zero-order valence-electron chi connectivity index (χ0n) is 13.8. The summed E-state index contributed by atoms with van der Waals surface area (Å²) in [6.07, 6.45) is 1.58. The molecule has 12 nitrogen and oxygen atoms in total. The van der Waals surface area contributed by atoms with Crippen LogP contribution in [0.2, 0.25) is 0 Å². The van der Waals surface area contributed by atoms with Crippen molar-refractivity contribution in [3.8, 4) is 0 Å². The number of nitrogens with zero attached hydrogens (tertiary/aromatic N) is 4. The lowest BCUT2D eigenvalue weighted by Gasteiger charge is -2.15. The number of carboxylic acid groups (broad SMARTS) is 1. The van der Waals surface area contributed by atoms with Crippen LogP contribution in [-0.2, 0) is 9.53 Å². The van der Waals surface area contributed by atoms with E-state index in [9.17, 15) is 19.5 Å². The molecular weight excluding hydrogens is 348 g/mol. The summed E-state index contributed by atoms with van der Waals surface area (Å²) in [5.74, 6) is -1.24. The van der Waals surface area contributed by atoms with Crippen molar-refractivity contribution in [3.05, 3.63) is 44.5 Å². The monoisotopic (exact) mass is 366 g/mol. The number of H-pyrrole nitrogens is 1. The average molecular weight is 366 g/mol.